The van der Waals surface area contributed by atoms with Gasteiger partial charge in [0.15, 0.2) is 11.4 Å². The molecule has 0 radical (unpaired) electrons. The predicted molar refractivity (Wildman–Crippen MR) is 133 cm³/mol. The van der Waals surface area contributed by atoms with Gasteiger partial charge in [-0.1, -0.05) is 13.0 Å². The topological polar surface area (TPSA) is 194 Å². The van der Waals surface area contributed by atoms with Crippen LogP contribution in [0, 0.1) is 11.8 Å². The van der Waals surface area contributed by atoms with Crippen molar-refractivity contribution in [2.75, 3.05) is 45.3 Å². The van der Waals surface area contributed by atoms with E-state index in [-0.39, 0.29) is 11.3 Å². The Morgan fingerprint density at radius 3 is 2.37 bits per heavy atom. The first kappa shape index (κ1) is 26.2. The molecule has 0 saturated carbocycles. The Morgan fingerprint density at radius 1 is 1.16 bits per heavy atom. The summed E-state index contributed by atoms with van der Waals surface area (Å²) in [5.41, 5.74) is 1.78. The number of benzene rings is 1. The number of amides is 1. The van der Waals surface area contributed by atoms with Crippen LogP contribution in [0.25, 0.3) is 0 Å². The molecule has 3 aliphatic carbocycles. The third-order valence-electron chi connectivity index (χ3n) is 8.46. The van der Waals surface area contributed by atoms with Crippen LogP contribution in [-0.4, -0.2) is 106 Å². The van der Waals surface area contributed by atoms with Gasteiger partial charge in [0.2, 0.25) is 5.78 Å². The Bertz CT molecular complexity index is 1310. The average Bonchev–Trinajstić information content (AvgIpc) is 2.86. The number of fused-ring (bicyclic) bond motifs is 3. The van der Waals surface area contributed by atoms with Gasteiger partial charge < -0.3 is 40.9 Å². The highest BCUT2D eigenvalue weighted by Gasteiger charge is 2.67. The van der Waals surface area contributed by atoms with Gasteiger partial charge in [-0.3, -0.25) is 19.3 Å². The number of ether oxygens (including phenoxy) is 1. The van der Waals surface area contributed by atoms with Gasteiger partial charge in [0.05, 0.1) is 42.5 Å². The number of ketones is 2. The Kier molecular flexibility index (Phi) is 6.06. The number of Topliss-reactive ketones (excluding diaryl/α,β-unsaturated/α-hetero) is 2. The lowest BCUT2D eigenvalue weighted by Crippen LogP contribution is -2.68. The summed E-state index contributed by atoms with van der Waals surface area (Å²) in [6, 6.07) is 2.07. The SMILES string of the molecule is C[C@H]1c2ccc(N3CCOCC3)c(O)c2C(=O)C2=C(O)[C@]3(O)C(=O)C(C(N)=O)=C(O)[C@@H](N(C)C)C3[C@@H](O)C21. The monoisotopic (exact) mass is 529 g/mol. The van der Waals surface area contributed by atoms with Gasteiger partial charge in [-0.05, 0) is 31.6 Å². The molecule has 12 nitrogen and oxygen atoms in total. The van der Waals surface area contributed by atoms with E-state index >= 15 is 0 Å². The summed E-state index contributed by atoms with van der Waals surface area (Å²) < 4.78 is 5.36. The third-order valence-corrected chi connectivity index (χ3v) is 8.46. The zero-order valence-electron chi connectivity index (χ0n) is 21.2. The number of anilines is 1. The van der Waals surface area contributed by atoms with Crippen molar-refractivity contribution in [1.82, 2.24) is 4.90 Å². The number of nitrogens with two attached hydrogens (primary N) is 1. The lowest BCUT2D eigenvalue weighted by Gasteiger charge is -2.53. The molecule has 1 aromatic rings. The minimum atomic E-state index is -2.93. The van der Waals surface area contributed by atoms with Gasteiger partial charge in [0, 0.05) is 24.6 Å². The van der Waals surface area contributed by atoms with Crippen LogP contribution in [0.1, 0.15) is 28.8 Å². The van der Waals surface area contributed by atoms with Gasteiger partial charge in [-0.15, -0.1) is 0 Å². The molecule has 204 valence electrons. The summed E-state index contributed by atoms with van der Waals surface area (Å²) >= 11 is 0. The Labute approximate surface area is 218 Å². The molecule has 1 heterocycles. The molecule has 1 saturated heterocycles. The number of morpholine rings is 1. The number of phenolic OH excluding ortho intramolecular Hbond substituents is 1. The molecule has 38 heavy (non-hydrogen) atoms. The minimum Gasteiger partial charge on any atom is -0.510 e. The molecule has 1 aromatic carbocycles. The van der Waals surface area contributed by atoms with Crippen molar-refractivity contribution in [2.24, 2.45) is 17.6 Å². The zero-order valence-corrected chi connectivity index (χ0v) is 21.2. The average molecular weight is 530 g/mol. The highest BCUT2D eigenvalue weighted by molar-refractivity contribution is 6.25. The van der Waals surface area contributed by atoms with Crippen molar-refractivity contribution in [3.63, 3.8) is 0 Å². The summed E-state index contributed by atoms with van der Waals surface area (Å²) in [6.07, 6.45) is -1.62. The summed E-state index contributed by atoms with van der Waals surface area (Å²) in [5.74, 6) is -8.96. The molecule has 0 spiro atoms. The fraction of sp³-hybridized carbons (Fsp3) is 0.500. The van der Waals surface area contributed by atoms with Crippen molar-refractivity contribution in [2.45, 2.75) is 30.6 Å². The maximum atomic E-state index is 13.9. The van der Waals surface area contributed by atoms with E-state index in [1.54, 1.807) is 19.1 Å². The summed E-state index contributed by atoms with van der Waals surface area (Å²) in [6.45, 7) is 3.54. The molecule has 5 rings (SSSR count). The number of hydrogen-bond donors (Lipinski definition) is 6. The van der Waals surface area contributed by atoms with Gasteiger partial charge in [-0.25, -0.2) is 0 Å². The highest BCUT2D eigenvalue weighted by Crippen LogP contribution is 2.56. The van der Waals surface area contributed by atoms with Gasteiger partial charge >= 0.3 is 0 Å². The number of rotatable bonds is 3. The molecule has 0 aromatic heterocycles. The van der Waals surface area contributed by atoms with Crippen LogP contribution in [-0.2, 0) is 14.3 Å². The van der Waals surface area contributed by atoms with Crippen molar-refractivity contribution < 1.29 is 44.7 Å². The largest absolute Gasteiger partial charge is 0.510 e. The van der Waals surface area contributed by atoms with E-state index < -0.39 is 75.6 Å². The Morgan fingerprint density at radius 2 is 1.79 bits per heavy atom. The molecule has 12 heteroatoms. The number of aliphatic hydroxyl groups is 4. The molecule has 2 unspecified atom stereocenters. The lowest BCUT2D eigenvalue weighted by molar-refractivity contribution is -0.162. The van der Waals surface area contributed by atoms with Crippen LogP contribution in [0.5, 0.6) is 5.75 Å². The fourth-order valence-electron chi connectivity index (χ4n) is 6.67. The maximum absolute atomic E-state index is 13.9. The number of aromatic hydroxyl groups is 1. The minimum absolute atomic E-state index is 0.102. The third kappa shape index (κ3) is 3.27. The van der Waals surface area contributed by atoms with E-state index in [0.717, 1.165) is 0 Å². The smallest absolute Gasteiger partial charge is 0.255 e. The molecular formula is C26H31N3O9. The second kappa shape index (κ2) is 8.80. The Balaban J connectivity index is 1.73. The first-order valence-corrected chi connectivity index (χ1v) is 12.4. The number of carbonyl (C=O) groups excluding carboxylic acids is 3. The number of carbonyl (C=O) groups is 3. The van der Waals surface area contributed by atoms with E-state index in [2.05, 4.69) is 0 Å². The molecule has 1 aliphatic heterocycles. The number of hydrogen-bond acceptors (Lipinski definition) is 11. The van der Waals surface area contributed by atoms with Crippen LogP contribution in [0.3, 0.4) is 0 Å². The summed E-state index contributed by atoms with van der Waals surface area (Å²) in [4.78, 5) is 42.7. The van der Waals surface area contributed by atoms with E-state index in [1.807, 2.05) is 4.90 Å². The van der Waals surface area contributed by atoms with Gasteiger partial charge in [0.25, 0.3) is 5.91 Å². The predicted octanol–water partition coefficient (Wildman–Crippen LogP) is -0.511. The molecule has 0 bridgehead atoms. The van der Waals surface area contributed by atoms with Gasteiger partial charge in [-0.2, -0.15) is 0 Å². The standard InChI is InChI=1S/C26H31N3O9/c1-10-11-4-5-12(29-6-8-38-9-7-29)19(30)14(11)20(31)15-13(10)21(32)17-18(28(2)3)22(33)16(25(27)36)24(35)26(17,37)23(15)34/h4-5,10,13,17-18,21,30,32-34,37H,6-9H2,1-3H3,(H2,27,36)/t10-,13?,17?,18-,21-,26-/m0/s1. The van der Waals surface area contributed by atoms with Crippen LogP contribution in [0.2, 0.25) is 0 Å². The second-order valence-electron chi connectivity index (χ2n) is 10.5. The first-order valence-electron chi connectivity index (χ1n) is 12.4. The quantitative estimate of drug-likeness (QED) is 0.276. The molecule has 1 fully saturated rings. The van der Waals surface area contributed by atoms with E-state index in [9.17, 15) is 39.9 Å². The lowest BCUT2D eigenvalue weighted by atomic mass is 9.55. The van der Waals surface area contributed by atoms with Crippen molar-refractivity contribution >= 4 is 23.2 Å². The van der Waals surface area contributed by atoms with E-state index in [0.29, 0.717) is 37.6 Å². The Hall–Kier alpha value is -3.45. The van der Waals surface area contributed by atoms with E-state index in [4.69, 9.17) is 10.5 Å². The van der Waals surface area contributed by atoms with Crippen LogP contribution in [0.4, 0.5) is 5.69 Å². The summed E-state index contributed by atoms with van der Waals surface area (Å²) in [7, 11) is 2.99. The molecule has 6 atom stereocenters. The molecule has 1 amide bonds. The maximum Gasteiger partial charge on any atom is 0.255 e. The van der Waals surface area contributed by atoms with Gasteiger partial charge in [0.1, 0.15) is 22.8 Å². The normalized spacial score (nSPS) is 33.3. The fourth-order valence-corrected chi connectivity index (χ4v) is 6.67. The number of primary amides is 1. The zero-order chi connectivity index (χ0) is 27.8. The molecular weight excluding hydrogens is 498 g/mol. The second-order valence-corrected chi connectivity index (χ2v) is 10.5. The van der Waals surface area contributed by atoms with Crippen molar-refractivity contribution in [3.05, 3.63) is 45.9 Å². The van der Waals surface area contributed by atoms with Crippen molar-refractivity contribution in [1.29, 1.82) is 0 Å². The molecule has 4 aliphatic rings. The number of likely N-dealkylation sites (N-methyl/N-ethyl adjacent to an activating group) is 1. The first-order chi connectivity index (χ1) is 17.8. The number of aliphatic hydroxyl groups excluding tert-OH is 3. The van der Waals surface area contributed by atoms with Crippen LogP contribution < -0.4 is 10.6 Å². The number of phenols is 1. The highest BCUT2D eigenvalue weighted by atomic mass is 16.5. The molecule has 7 N–H and O–H groups in total. The summed E-state index contributed by atoms with van der Waals surface area (Å²) in [5, 5.41) is 56.9. The van der Waals surface area contributed by atoms with E-state index in [1.165, 1.54) is 19.0 Å². The van der Waals surface area contributed by atoms with Crippen molar-refractivity contribution in [3.8, 4) is 5.75 Å². The van der Waals surface area contributed by atoms with Crippen LogP contribution in [0.15, 0.2) is 34.8 Å². The van der Waals surface area contributed by atoms with Crippen LogP contribution >= 0.6 is 0 Å². The number of nitrogens with zero attached hydrogens (tertiary/aromatic N) is 2.